The van der Waals surface area contributed by atoms with Crippen LogP contribution in [0.4, 0.5) is 4.79 Å². The number of amides is 1. The van der Waals surface area contributed by atoms with Gasteiger partial charge >= 0.3 is 12.1 Å². The predicted molar refractivity (Wildman–Crippen MR) is 106 cm³/mol. The molecular weight excluding hydrogens is 370 g/mol. The smallest absolute Gasteiger partial charge is 0.408 e. The molecule has 1 aliphatic carbocycles. The number of fused-ring (bicyclic) bond motifs is 3. The Balaban J connectivity index is 1.47. The lowest BCUT2D eigenvalue weighted by Crippen LogP contribution is -2.34. The highest BCUT2D eigenvalue weighted by atomic mass is 16.5. The van der Waals surface area contributed by atoms with Crippen molar-refractivity contribution in [2.24, 2.45) is 0 Å². The lowest BCUT2D eigenvalue weighted by molar-refractivity contribution is -0.139. The van der Waals surface area contributed by atoms with E-state index in [4.69, 9.17) is 4.74 Å². The molecule has 0 saturated heterocycles. The van der Waals surface area contributed by atoms with Crippen LogP contribution in [0.15, 0.2) is 60.9 Å². The van der Waals surface area contributed by atoms with Gasteiger partial charge in [-0.25, -0.2) is 9.59 Å². The van der Waals surface area contributed by atoms with E-state index in [0.717, 1.165) is 22.3 Å². The van der Waals surface area contributed by atoms with Crippen LogP contribution in [-0.2, 0) is 16.1 Å². The number of hydrogen-bond acceptors (Lipinski definition) is 4. The molecule has 1 heterocycles. The number of carbonyl (C=O) groups excluding carboxylic acids is 1. The van der Waals surface area contributed by atoms with Gasteiger partial charge in [0, 0.05) is 24.2 Å². The molecule has 1 aromatic heterocycles. The third-order valence-corrected chi connectivity index (χ3v) is 5.16. The number of aromatic nitrogens is 2. The van der Waals surface area contributed by atoms with Gasteiger partial charge < -0.3 is 15.2 Å². The maximum atomic E-state index is 12.4. The number of nitrogens with zero attached hydrogens (tertiary/aromatic N) is 2. The number of carbonyl (C=O) groups is 2. The highest BCUT2D eigenvalue weighted by Gasteiger charge is 2.30. The van der Waals surface area contributed by atoms with E-state index in [1.165, 1.54) is 6.20 Å². The van der Waals surface area contributed by atoms with Crippen molar-refractivity contribution in [1.29, 1.82) is 0 Å². The van der Waals surface area contributed by atoms with Crippen molar-refractivity contribution in [3.05, 3.63) is 77.6 Å². The number of rotatable bonds is 6. The molecule has 4 rings (SSSR count). The fourth-order valence-electron chi connectivity index (χ4n) is 3.75. The van der Waals surface area contributed by atoms with E-state index in [2.05, 4.69) is 22.5 Å². The minimum absolute atomic E-state index is 0.0840. The summed E-state index contributed by atoms with van der Waals surface area (Å²) in [7, 11) is 0. The molecule has 0 bridgehead atoms. The number of ether oxygens (including phenoxy) is 1. The Kier molecular flexibility index (Phi) is 5.03. The molecule has 0 fully saturated rings. The van der Waals surface area contributed by atoms with Gasteiger partial charge in [0.15, 0.2) is 6.04 Å². The fraction of sp³-hybridized carbons (Fsp3) is 0.227. The van der Waals surface area contributed by atoms with Gasteiger partial charge in [0.05, 0.1) is 6.20 Å². The van der Waals surface area contributed by atoms with E-state index in [1.54, 1.807) is 10.9 Å². The molecule has 0 saturated carbocycles. The summed E-state index contributed by atoms with van der Waals surface area (Å²) in [6.45, 7) is 2.63. The quantitative estimate of drug-likeness (QED) is 0.670. The minimum atomic E-state index is -1.22. The molecule has 7 nitrogen and oxygen atoms in total. The van der Waals surface area contributed by atoms with Crippen molar-refractivity contribution in [3.63, 3.8) is 0 Å². The number of benzene rings is 2. The normalized spacial score (nSPS) is 13.4. The van der Waals surface area contributed by atoms with Gasteiger partial charge in [-0.15, -0.1) is 0 Å². The van der Waals surface area contributed by atoms with E-state index in [-0.39, 0.29) is 12.5 Å². The topological polar surface area (TPSA) is 93.5 Å². The van der Waals surface area contributed by atoms with Crippen LogP contribution in [0.1, 0.15) is 35.6 Å². The molecule has 1 atom stereocenters. The molecule has 148 valence electrons. The number of alkyl carbamates (subject to hydrolysis) is 1. The van der Waals surface area contributed by atoms with Crippen LogP contribution in [0.25, 0.3) is 11.1 Å². The van der Waals surface area contributed by atoms with Crippen LogP contribution in [0.3, 0.4) is 0 Å². The van der Waals surface area contributed by atoms with Crippen LogP contribution < -0.4 is 5.32 Å². The minimum Gasteiger partial charge on any atom is -0.479 e. The van der Waals surface area contributed by atoms with Gasteiger partial charge in [-0.3, -0.25) is 4.68 Å². The van der Waals surface area contributed by atoms with Crippen molar-refractivity contribution >= 4 is 12.1 Å². The molecule has 0 aliphatic heterocycles. The number of aryl methyl sites for hydroxylation is 1. The summed E-state index contributed by atoms with van der Waals surface area (Å²) in [6.07, 6.45) is 2.26. The molecule has 29 heavy (non-hydrogen) atoms. The largest absolute Gasteiger partial charge is 0.479 e. The Morgan fingerprint density at radius 1 is 1.14 bits per heavy atom. The van der Waals surface area contributed by atoms with Crippen LogP contribution in [0, 0.1) is 0 Å². The maximum absolute atomic E-state index is 12.4. The average Bonchev–Trinajstić information content (AvgIpc) is 3.33. The molecule has 3 aromatic rings. The maximum Gasteiger partial charge on any atom is 0.408 e. The summed E-state index contributed by atoms with van der Waals surface area (Å²) in [4.78, 5) is 24.0. The zero-order valence-electron chi connectivity index (χ0n) is 15.9. The summed E-state index contributed by atoms with van der Waals surface area (Å²) in [6, 6.07) is 14.8. The Hall–Kier alpha value is -3.61. The summed E-state index contributed by atoms with van der Waals surface area (Å²) in [5.41, 5.74) is 4.86. The van der Waals surface area contributed by atoms with Crippen LogP contribution >= 0.6 is 0 Å². The highest BCUT2D eigenvalue weighted by Crippen LogP contribution is 2.44. The monoisotopic (exact) mass is 391 g/mol. The summed E-state index contributed by atoms with van der Waals surface area (Å²) in [5.74, 6) is -1.26. The van der Waals surface area contributed by atoms with Crippen LogP contribution in [0.5, 0.6) is 0 Å². The first kappa shape index (κ1) is 18.7. The Morgan fingerprint density at radius 3 is 2.31 bits per heavy atom. The molecule has 2 N–H and O–H groups in total. The number of hydrogen-bond donors (Lipinski definition) is 2. The van der Waals surface area contributed by atoms with Crippen molar-refractivity contribution in [3.8, 4) is 11.1 Å². The first-order valence-electron chi connectivity index (χ1n) is 9.45. The number of carboxylic acids is 1. The van der Waals surface area contributed by atoms with E-state index in [1.807, 2.05) is 43.3 Å². The Labute approximate surface area is 167 Å². The van der Waals surface area contributed by atoms with Gasteiger partial charge in [-0.1, -0.05) is 48.5 Å². The molecule has 1 aliphatic rings. The second kappa shape index (κ2) is 7.79. The van der Waals surface area contributed by atoms with Crippen molar-refractivity contribution < 1.29 is 19.4 Å². The second-order valence-electron chi connectivity index (χ2n) is 6.87. The van der Waals surface area contributed by atoms with E-state index < -0.39 is 18.1 Å². The van der Waals surface area contributed by atoms with Crippen LogP contribution in [-0.4, -0.2) is 33.6 Å². The number of carboxylic acid groups (broad SMARTS) is 1. The van der Waals surface area contributed by atoms with Gasteiger partial charge in [0.25, 0.3) is 0 Å². The van der Waals surface area contributed by atoms with Crippen LogP contribution in [0.2, 0.25) is 0 Å². The standard InChI is InChI=1S/C22H21N3O4/c1-2-25-12-14(11-23-25)20(21(26)27)24-22(28)29-13-19-17-9-5-3-7-15(17)16-8-4-6-10-18(16)19/h3-12,19-20H,2,13H2,1H3,(H,24,28)(H,26,27)/t20-/m0/s1. The lowest BCUT2D eigenvalue weighted by atomic mass is 9.98. The number of aliphatic carboxylic acids is 1. The average molecular weight is 391 g/mol. The van der Waals surface area contributed by atoms with E-state index in [9.17, 15) is 14.7 Å². The van der Waals surface area contributed by atoms with Gasteiger partial charge in [0.2, 0.25) is 0 Å². The first-order chi connectivity index (χ1) is 14.1. The van der Waals surface area contributed by atoms with Crippen molar-refractivity contribution in [2.45, 2.75) is 25.4 Å². The summed E-state index contributed by atoms with van der Waals surface area (Å²) < 4.78 is 7.04. The van der Waals surface area contributed by atoms with E-state index >= 15 is 0 Å². The van der Waals surface area contributed by atoms with Crippen molar-refractivity contribution in [1.82, 2.24) is 15.1 Å². The first-order valence-corrected chi connectivity index (χ1v) is 9.45. The SMILES string of the molecule is CCn1cc([C@H](NC(=O)OCC2c3ccccc3-c3ccccc32)C(=O)O)cn1. The second-order valence-corrected chi connectivity index (χ2v) is 6.87. The zero-order chi connectivity index (χ0) is 20.4. The molecule has 0 spiro atoms. The van der Waals surface area contributed by atoms with Gasteiger partial charge in [-0.05, 0) is 29.2 Å². The van der Waals surface area contributed by atoms with Gasteiger partial charge in [0.1, 0.15) is 6.61 Å². The zero-order valence-corrected chi connectivity index (χ0v) is 15.9. The Bertz CT molecular complexity index is 1010. The van der Waals surface area contributed by atoms with Crippen molar-refractivity contribution in [2.75, 3.05) is 6.61 Å². The third-order valence-electron chi connectivity index (χ3n) is 5.16. The lowest BCUT2D eigenvalue weighted by Gasteiger charge is -2.17. The molecule has 1 amide bonds. The number of nitrogens with one attached hydrogen (secondary N) is 1. The molecule has 2 aromatic carbocycles. The molecule has 0 radical (unpaired) electrons. The molecular formula is C22H21N3O4. The van der Waals surface area contributed by atoms with E-state index in [0.29, 0.717) is 12.1 Å². The Morgan fingerprint density at radius 2 is 1.76 bits per heavy atom. The summed E-state index contributed by atoms with van der Waals surface area (Å²) in [5, 5.41) is 16.0. The highest BCUT2D eigenvalue weighted by molar-refractivity contribution is 5.82. The molecule has 0 unspecified atom stereocenters. The molecule has 7 heteroatoms. The fourth-order valence-corrected chi connectivity index (χ4v) is 3.75. The predicted octanol–water partition coefficient (Wildman–Crippen LogP) is 3.57. The van der Waals surface area contributed by atoms with Gasteiger partial charge in [-0.2, -0.15) is 5.10 Å². The summed E-state index contributed by atoms with van der Waals surface area (Å²) >= 11 is 0. The third kappa shape index (κ3) is 3.59.